The maximum absolute atomic E-state index is 4.63. The van der Waals surface area contributed by atoms with Crippen molar-refractivity contribution in [3.05, 3.63) is 11.9 Å². The third-order valence-electron chi connectivity index (χ3n) is 4.00. The molecule has 0 saturated heterocycles. The lowest BCUT2D eigenvalue weighted by atomic mass is 9.92. The van der Waals surface area contributed by atoms with E-state index in [9.17, 15) is 0 Å². The summed E-state index contributed by atoms with van der Waals surface area (Å²) in [4.78, 5) is 4.63. The highest BCUT2D eigenvalue weighted by molar-refractivity contribution is 5.29. The molecule has 1 fully saturated rings. The van der Waals surface area contributed by atoms with E-state index >= 15 is 0 Å². The molecule has 1 aromatic heterocycles. The zero-order valence-corrected chi connectivity index (χ0v) is 12.3. The summed E-state index contributed by atoms with van der Waals surface area (Å²) in [5.41, 5.74) is 1.61. The standard InChI is InChI=1S/C15H27N3/c1-5-6-9-16-14-17-12(2)11-18(14)13-7-8-15(3,4)10-13/h11,13H,5-10H2,1-4H3,(H,16,17). The highest BCUT2D eigenvalue weighted by Crippen LogP contribution is 2.44. The average Bonchev–Trinajstić information content (AvgIpc) is 2.82. The van der Waals surface area contributed by atoms with Crippen molar-refractivity contribution in [2.45, 2.75) is 65.8 Å². The van der Waals surface area contributed by atoms with Crippen molar-refractivity contribution < 1.29 is 0 Å². The van der Waals surface area contributed by atoms with Crippen molar-refractivity contribution in [2.24, 2.45) is 5.41 Å². The van der Waals surface area contributed by atoms with Crippen LogP contribution in [-0.4, -0.2) is 16.1 Å². The number of hydrogen-bond acceptors (Lipinski definition) is 2. The molecule has 1 aliphatic carbocycles. The van der Waals surface area contributed by atoms with Crippen LogP contribution in [0.5, 0.6) is 0 Å². The molecule has 0 radical (unpaired) electrons. The summed E-state index contributed by atoms with van der Waals surface area (Å²) in [5, 5.41) is 3.49. The summed E-state index contributed by atoms with van der Waals surface area (Å²) < 4.78 is 2.37. The first-order chi connectivity index (χ1) is 8.52. The number of aromatic nitrogens is 2. The van der Waals surface area contributed by atoms with Gasteiger partial charge in [-0.05, 0) is 38.0 Å². The Bertz CT molecular complexity index is 392. The fourth-order valence-corrected chi connectivity index (χ4v) is 2.94. The Kier molecular flexibility index (Phi) is 3.98. The fraction of sp³-hybridized carbons (Fsp3) is 0.800. The molecule has 3 heteroatoms. The minimum absolute atomic E-state index is 0.490. The predicted molar refractivity (Wildman–Crippen MR) is 77.0 cm³/mol. The molecule has 0 aromatic carbocycles. The predicted octanol–water partition coefficient (Wildman–Crippen LogP) is 4.15. The molecule has 1 unspecified atom stereocenters. The van der Waals surface area contributed by atoms with E-state index in [1.807, 2.05) is 0 Å². The van der Waals surface area contributed by atoms with Crippen molar-refractivity contribution in [2.75, 3.05) is 11.9 Å². The Morgan fingerprint density at radius 2 is 2.28 bits per heavy atom. The first-order valence-electron chi connectivity index (χ1n) is 7.31. The zero-order valence-electron chi connectivity index (χ0n) is 12.3. The van der Waals surface area contributed by atoms with Gasteiger partial charge in [0.2, 0.25) is 5.95 Å². The summed E-state index contributed by atoms with van der Waals surface area (Å²) in [6.07, 6.45) is 8.52. The van der Waals surface area contributed by atoms with Crippen LogP contribution < -0.4 is 5.32 Å². The van der Waals surface area contributed by atoms with Crippen LogP contribution >= 0.6 is 0 Å². The molecule has 1 aromatic rings. The number of anilines is 1. The fourth-order valence-electron chi connectivity index (χ4n) is 2.94. The number of rotatable bonds is 5. The largest absolute Gasteiger partial charge is 0.356 e. The molecule has 1 heterocycles. The van der Waals surface area contributed by atoms with Gasteiger partial charge in [0, 0.05) is 18.8 Å². The average molecular weight is 249 g/mol. The summed E-state index contributed by atoms with van der Waals surface area (Å²) in [6.45, 7) is 10.1. The van der Waals surface area contributed by atoms with E-state index in [1.54, 1.807) is 0 Å². The number of aryl methyl sites for hydroxylation is 1. The maximum atomic E-state index is 4.63. The number of nitrogens with one attached hydrogen (secondary N) is 1. The van der Waals surface area contributed by atoms with Gasteiger partial charge in [-0.15, -0.1) is 0 Å². The van der Waals surface area contributed by atoms with Gasteiger partial charge in [0.15, 0.2) is 0 Å². The van der Waals surface area contributed by atoms with Crippen molar-refractivity contribution in [3.8, 4) is 0 Å². The van der Waals surface area contributed by atoms with Crippen LogP contribution in [0.3, 0.4) is 0 Å². The van der Waals surface area contributed by atoms with Crippen LogP contribution in [0.2, 0.25) is 0 Å². The summed E-state index contributed by atoms with van der Waals surface area (Å²) in [5.74, 6) is 1.07. The maximum Gasteiger partial charge on any atom is 0.203 e. The molecular formula is C15H27N3. The van der Waals surface area contributed by atoms with Gasteiger partial charge >= 0.3 is 0 Å². The molecule has 0 bridgehead atoms. The second-order valence-corrected chi connectivity index (χ2v) is 6.45. The number of hydrogen-bond donors (Lipinski definition) is 1. The molecule has 1 N–H and O–H groups in total. The van der Waals surface area contributed by atoms with E-state index in [0.29, 0.717) is 11.5 Å². The molecule has 0 spiro atoms. The van der Waals surface area contributed by atoms with Crippen molar-refractivity contribution in [3.63, 3.8) is 0 Å². The Morgan fingerprint density at radius 3 is 2.89 bits per heavy atom. The van der Waals surface area contributed by atoms with Gasteiger partial charge in [0.1, 0.15) is 0 Å². The molecule has 102 valence electrons. The third-order valence-corrected chi connectivity index (χ3v) is 4.00. The number of nitrogens with zero attached hydrogens (tertiary/aromatic N) is 2. The lowest BCUT2D eigenvalue weighted by molar-refractivity contribution is 0.359. The Labute approximate surface area is 111 Å². The lowest BCUT2D eigenvalue weighted by Gasteiger charge is -2.19. The quantitative estimate of drug-likeness (QED) is 0.794. The van der Waals surface area contributed by atoms with Gasteiger partial charge in [0.25, 0.3) is 0 Å². The van der Waals surface area contributed by atoms with Gasteiger partial charge in [-0.2, -0.15) is 0 Å². The molecule has 0 amide bonds. The highest BCUT2D eigenvalue weighted by Gasteiger charge is 2.32. The van der Waals surface area contributed by atoms with E-state index in [2.05, 4.69) is 48.8 Å². The highest BCUT2D eigenvalue weighted by atomic mass is 15.2. The Morgan fingerprint density at radius 1 is 1.50 bits per heavy atom. The van der Waals surface area contributed by atoms with E-state index in [1.165, 1.54) is 32.1 Å². The van der Waals surface area contributed by atoms with E-state index in [-0.39, 0.29) is 0 Å². The third kappa shape index (κ3) is 3.06. The van der Waals surface area contributed by atoms with Crippen LogP contribution in [0.15, 0.2) is 6.20 Å². The van der Waals surface area contributed by atoms with Gasteiger partial charge in [-0.1, -0.05) is 27.2 Å². The molecule has 1 atom stereocenters. The van der Waals surface area contributed by atoms with E-state index < -0.39 is 0 Å². The van der Waals surface area contributed by atoms with Gasteiger partial charge in [-0.25, -0.2) is 4.98 Å². The first kappa shape index (κ1) is 13.4. The lowest BCUT2D eigenvalue weighted by Crippen LogP contribution is -2.13. The van der Waals surface area contributed by atoms with Crippen LogP contribution in [0.25, 0.3) is 0 Å². The first-order valence-corrected chi connectivity index (χ1v) is 7.31. The van der Waals surface area contributed by atoms with Gasteiger partial charge in [0.05, 0.1) is 5.69 Å². The molecule has 1 saturated carbocycles. The minimum atomic E-state index is 0.490. The molecule has 0 aliphatic heterocycles. The molecule has 3 nitrogen and oxygen atoms in total. The summed E-state index contributed by atoms with van der Waals surface area (Å²) in [7, 11) is 0. The topological polar surface area (TPSA) is 29.9 Å². The van der Waals surface area contributed by atoms with Crippen LogP contribution in [-0.2, 0) is 0 Å². The normalized spacial score (nSPS) is 22.3. The zero-order chi connectivity index (χ0) is 13.2. The van der Waals surface area contributed by atoms with Crippen molar-refractivity contribution >= 4 is 5.95 Å². The smallest absolute Gasteiger partial charge is 0.203 e. The van der Waals surface area contributed by atoms with Crippen molar-refractivity contribution in [1.29, 1.82) is 0 Å². The Hall–Kier alpha value is -0.990. The van der Waals surface area contributed by atoms with E-state index in [0.717, 1.165) is 18.2 Å². The number of unbranched alkanes of at least 4 members (excludes halogenated alkanes) is 1. The second-order valence-electron chi connectivity index (χ2n) is 6.45. The van der Waals surface area contributed by atoms with Crippen LogP contribution in [0.1, 0.15) is 64.6 Å². The van der Waals surface area contributed by atoms with Crippen LogP contribution in [0.4, 0.5) is 5.95 Å². The summed E-state index contributed by atoms with van der Waals surface area (Å²) in [6, 6.07) is 0.630. The molecule has 18 heavy (non-hydrogen) atoms. The minimum Gasteiger partial charge on any atom is -0.356 e. The van der Waals surface area contributed by atoms with E-state index in [4.69, 9.17) is 0 Å². The number of imidazole rings is 1. The summed E-state index contributed by atoms with van der Waals surface area (Å²) >= 11 is 0. The second kappa shape index (κ2) is 5.33. The molecule has 2 rings (SSSR count). The SMILES string of the molecule is CCCCNc1nc(C)cn1C1CCC(C)(C)C1. The Balaban J connectivity index is 2.07. The monoisotopic (exact) mass is 249 g/mol. The van der Waals surface area contributed by atoms with Gasteiger partial charge < -0.3 is 9.88 Å². The molecular weight excluding hydrogens is 222 g/mol. The molecule has 1 aliphatic rings. The van der Waals surface area contributed by atoms with Crippen molar-refractivity contribution in [1.82, 2.24) is 9.55 Å². The van der Waals surface area contributed by atoms with Crippen LogP contribution in [0, 0.1) is 12.3 Å². The van der Waals surface area contributed by atoms with Gasteiger partial charge in [-0.3, -0.25) is 0 Å².